The van der Waals surface area contributed by atoms with Crippen molar-refractivity contribution < 1.29 is 60.9 Å². The molecule has 1 N–H and O–H groups in total. The van der Waals surface area contributed by atoms with Gasteiger partial charge in [-0.25, -0.2) is 28.1 Å². The van der Waals surface area contributed by atoms with Crippen LogP contribution in [0.15, 0.2) is 47.4 Å². The van der Waals surface area contributed by atoms with E-state index in [1.807, 2.05) is 0 Å². The summed E-state index contributed by atoms with van der Waals surface area (Å²) in [6.45, 7) is 18.2. The number of amides is 2. The number of halogens is 1. The molecule has 20 heteroatoms. The van der Waals surface area contributed by atoms with E-state index in [2.05, 4.69) is 10.1 Å². The Morgan fingerprint density at radius 2 is 1.46 bits per heavy atom. The van der Waals surface area contributed by atoms with Gasteiger partial charge in [0.15, 0.2) is 18.1 Å². The molecule has 0 bridgehead atoms. The number of carbonyl (C=O) groups is 4. The smallest absolute Gasteiger partial charge is 0.462 e. The van der Waals surface area contributed by atoms with Crippen LogP contribution in [0, 0.1) is 0 Å². The summed E-state index contributed by atoms with van der Waals surface area (Å²) in [5.41, 5.74) is -4.21. The first-order chi connectivity index (χ1) is 25.7. The van der Waals surface area contributed by atoms with E-state index in [1.165, 1.54) is 19.1 Å². The number of para-hydroxylation sites is 1. The Hall–Kier alpha value is -4.19. The number of nitrogens with one attached hydrogen (secondary N) is 1. The maximum absolute atomic E-state index is 16.5. The van der Waals surface area contributed by atoms with Crippen molar-refractivity contribution in [3.05, 3.63) is 53.1 Å². The molecule has 312 valence electrons. The number of nitrogens with zero attached hydrogens (tertiary/aromatic N) is 3. The molecule has 1 aliphatic heterocycles. The zero-order valence-electron chi connectivity index (χ0n) is 33.6. The second-order valence-electron chi connectivity index (χ2n) is 15.9. The molecule has 0 aliphatic carbocycles. The third-order valence-electron chi connectivity index (χ3n) is 6.79. The van der Waals surface area contributed by atoms with E-state index < -0.39 is 102 Å². The van der Waals surface area contributed by atoms with E-state index in [-0.39, 0.29) is 5.75 Å². The van der Waals surface area contributed by atoms with Crippen molar-refractivity contribution in [3.63, 3.8) is 0 Å². The van der Waals surface area contributed by atoms with Gasteiger partial charge in [0.1, 0.15) is 34.0 Å². The number of esters is 1. The number of ether oxygens (including phenoxy) is 5. The number of benzene rings is 1. The van der Waals surface area contributed by atoms with Crippen molar-refractivity contribution in [3.8, 4) is 5.75 Å². The average Bonchev–Trinajstić information content (AvgIpc) is 3.31. The fraction of sp³-hybridized carbons (Fsp3) is 0.611. The Balaban J connectivity index is 2.00. The normalized spacial score (nSPS) is 20.3. The third-order valence-corrected chi connectivity index (χ3v) is 9.96. The van der Waals surface area contributed by atoms with Gasteiger partial charge in [-0.1, -0.05) is 18.2 Å². The Bertz CT molecular complexity index is 1780. The van der Waals surface area contributed by atoms with Crippen LogP contribution in [-0.4, -0.2) is 86.9 Å². The molecule has 56 heavy (non-hydrogen) atoms. The Morgan fingerprint density at radius 1 is 0.911 bits per heavy atom. The van der Waals surface area contributed by atoms with Crippen LogP contribution in [0.3, 0.4) is 0 Å². The quantitative estimate of drug-likeness (QED) is 0.127. The van der Waals surface area contributed by atoms with Crippen LogP contribution >= 0.6 is 19.5 Å². The fourth-order valence-corrected chi connectivity index (χ4v) is 7.76. The zero-order chi connectivity index (χ0) is 42.4. The van der Waals surface area contributed by atoms with Crippen LogP contribution in [0.2, 0.25) is 0 Å². The molecule has 0 radical (unpaired) electrons. The lowest BCUT2D eigenvalue weighted by molar-refractivity contribution is -0.149. The van der Waals surface area contributed by atoms with Gasteiger partial charge < -0.3 is 28.2 Å². The van der Waals surface area contributed by atoms with Crippen LogP contribution in [0.25, 0.3) is 0 Å². The molecule has 2 amide bonds. The lowest BCUT2D eigenvalue weighted by Crippen LogP contribution is -2.45. The molecule has 3 rings (SSSR count). The second-order valence-corrected chi connectivity index (χ2v) is 18.9. The number of anilines is 1. The third kappa shape index (κ3) is 14.1. The van der Waals surface area contributed by atoms with Crippen molar-refractivity contribution >= 4 is 49.6 Å². The molecule has 1 fully saturated rings. The molecule has 2 aromatic rings. The molecule has 1 aliphatic rings. The maximum Gasteiger partial charge on any atom is 0.509 e. The molecule has 0 spiro atoms. The molecule has 17 nitrogen and oxygen atoms in total. The number of hydrogen-bond acceptors (Lipinski definition) is 15. The van der Waals surface area contributed by atoms with Crippen molar-refractivity contribution in [2.24, 2.45) is 0 Å². The standard InChI is InChI=1S/C36H52FN4O13PS/c1-21(2)49-29(42)22(3)39-55(47,54-23-16-14-13-15-17-23)48-20-24-27(50-33(46)53-36(10,11)12)26(37)28(56-24)40-19-18-25(38-30(40)43)41(31(44)51-34(4,5)6)32(45)52-35(7,8)9/h13-19,21-22,24,26-28H,20H2,1-12H3,(H,39,47)/t22-,24+,26-,27+,28+,55?/m0/s1. The minimum absolute atomic E-state index is 0.110. The van der Waals surface area contributed by atoms with E-state index >= 15 is 4.39 Å². The predicted octanol–water partition coefficient (Wildman–Crippen LogP) is 7.33. The molecular weight excluding hydrogens is 778 g/mol. The molecule has 6 atom stereocenters. The molecule has 2 heterocycles. The SMILES string of the molecule is CC(C)OC(=O)[C@H](C)NP(=O)(OC[C@H]1S[C@@H](n2ccc(N(C(=O)OC(C)(C)C)C(=O)OC(C)(C)C)nc2=O)[C@@H](F)[C@@H]1OC(=O)OC(C)(C)C)Oc1ccccc1. The highest BCUT2D eigenvalue weighted by Crippen LogP contribution is 2.50. The van der Waals surface area contributed by atoms with E-state index in [0.717, 1.165) is 28.6 Å². The van der Waals surface area contributed by atoms with Gasteiger partial charge in [-0.3, -0.25) is 13.9 Å². The van der Waals surface area contributed by atoms with Crippen molar-refractivity contribution in [2.45, 2.75) is 135 Å². The number of thioether (sulfide) groups is 1. The topological polar surface area (TPSA) is 200 Å². The lowest BCUT2D eigenvalue weighted by Gasteiger charge is -2.28. The minimum Gasteiger partial charge on any atom is -0.462 e. The predicted molar refractivity (Wildman–Crippen MR) is 204 cm³/mol. The summed E-state index contributed by atoms with van der Waals surface area (Å²) in [6.07, 6.45) is -6.75. The van der Waals surface area contributed by atoms with E-state index in [4.69, 9.17) is 32.7 Å². The van der Waals surface area contributed by atoms with Crippen molar-refractivity contribution in [1.82, 2.24) is 14.6 Å². The zero-order valence-corrected chi connectivity index (χ0v) is 35.3. The lowest BCUT2D eigenvalue weighted by atomic mass is 10.1. The highest BCUT2D eigenvalue weighted by Gasteiger charge is 2.50. The first-order valence-electron chi connectivity index (χ1n) is 17.7. The molecule has 1 saturated heterocycles. The van der Waals surface area contributed by atoms with Gasteiger partial charge >= 0.3 is 37.7 Å². The van der Waals surface area contributed by atoms with Gasteiger partial charge in [0.25, 0.3) is 0 Å². The summed E-state index contributed by atoms with van der Waals surface area (Å²) in [5.74, 6) is -1.11. The van der Waals surface area contributed by atoms with Crippen LogP contribution in [0.5, 0.6) is 5.75 Å². The van der Waals surface area contributed by atoms with Gasteiger partial charge in [-0.2, -0.15) is 15.0 Å². The molecular formula is C36H52FN4O13PS. The second kappa shape index (κ2) is 18.4. The van der Waals surface area contributed by atoms with Gasteiger partial charge in [0.05, 0.1) is 18.0 Å². The number of carbonyl (C=O) groups excluding carboxylic acids is 4. The summed E-state index contributed by atoms with van der Waals surface area (Å²) in [5, 5.41) is -0.0665. The first kappa shape index (κ1) is 46.2. The van der Waals surface area contributed by atoms with Crippen LogP contribution < -0.4 is 20.2 Å². The summed E-state index contributed by atoms with van der Waals surface area (Å²) in [7, 11) is -4.46. The van der Waals surface area contributed by atoms with Crippen LogP contribution in [-0.2, 0) is 37.6 Å². The van der Waals surface area contributed by atoms with Gasteiger partial charge in [0, 0.05) is 6.20 Å². The monoisotopic (exact) mass is 830 g/mol. The Morgan fingerprint density at radius 3 is 1.96 bits per heavy atom. The van der Waals surface area contributed by atoms with Gasteiger partial charge in [-0.05, 0) is 101 Å². The molecule has 1 unspecified atom stereocenters. The van der Waals surface area contributed by atoms with E-state index in [1.54, 1.807) is 94.4 Å². The van der Waals surface area contributed by atoms with Crippen LogP contribution in [0.4, 0.5) is 24.6 Å². The van der Waals surface area contributed by atoms with Crippen molar-refractivity contribution in [2.75, 3.05) is 11.5 Å². The average molecular weight is 831 g/mol. The molecule has 0 saturated carbocycles. The van der Waals surface area contributed by atoms with Crippen molar-refractivity contribution in [1.29, 1.82) is 0 Å². The fourth-order valence-electron chi connectivity index (χ4n) is 4.68. The highest BCUT2D eigenvalue weighted by atomic mass is 32.2. The Kier molecular flexibility index (Phi) is 15.2. The number of alkyl halides is 1. The molecule has 1 aromatic heterocycles. The minimum atomic E-state index is -4.46. The Labute approximate surface area is 329 Å². The molecule has 1 aromatic carbocycles. The summed E-state index contributed by atoms with van der Waals surface area (Å²) in [6, 6.07) is 7.84. The largest absolute Gasteiger partial charge is 0.509 e. The number of aromatic nitrogens is 2. The van der Waals surface area contributed by atoms with Crippen LogP contribution in [0.1, 0.15) is 88.5 Å². The number of hydrogen-bond donors (Lipinski definition) is 1. The number of rotatable bonds is 12. The van der Waals surface area contributed by atoms with Gasteiger partial charge in [-0.15, -0.1) is 11.8 Å². The van der Waals surface area contributed by atoms with E-state index in [9.17, 15) is 28.5 Å². The highest BCUT2D eigenvalue weighted by molar-refractivity contribution is 8.00. The maximum atomic E-state index is 16.5. The number of imide groups is 1. The summed E-state index contributed by atoms with van der Waals surface area (Å²) in [4.78, 5) is 69.7. The summed E-state index contributed by atoms with van der Waals surface area (Å²) >= 11 is 0.775. The summed E-state index contributed by atoms with van der Waals surface area (Å²) < 4.78 is 69.7. The van der Waals surface area contributed by atoms with E-state index in [0.29, 0.717) is 4.90 Å². The van der Waals surface area contributed by atoms with Gasteiger partial charge in [0.2, 0.25) is 0 Å². The first-order valence-corrected chi connectivity index (χ1v) is 20.2.